The molecule has 0 fully saturated rings. The van der Waals surface area contributed by atoms with Gasteiger partial charge in [-0.1, -0.05) is 13.0 Å². The Morgan fingerprint density at radius 1 is 1.28 bits per heavy atom. The average Bonchev–Trinajstić information content (AvgIpc) is 2.79. The number of hydrogen-bond donors (Lipinski definition) is 0. The van der Waals surface area contributed by atoms with Crippen molar-refractivity contribution in [2.45, 2.75) is 27.2 Å². The van der Waals surface area contributed by atoms with Gasteiger partial charge in [-0.15, -0.1) is 11.3 Å². The van der Waals surface area contributed by atoms with Crippen LogP contribution in [0.4, 0.5) is 5.82 Å². The zero-order valence-electron chi connectivity index (χ0n) is 11.2. The van der Waals surface area contributed by atoms with E-state index in [-0.39, 0.29) is 0 Å². The van der Waals surface area contributed by atoms with E-state index in [9.17, 15) is 0 Å². The van der Waals surface area contributed by atoms with Gasteiger partial charge in [0.2, 0.25) is 0 Å². The van der Waals surface area contributed by atoms with Crippen molar-refractivity contribution < 1.29 is 0 Å². The topological polar surface area (TPSA) is 29.0 Å². The maximum absolute atomic E-state index is 4.75. The summed E-state index contributed by atoms with van der Waals surface area (Å²) in [5.74, 6) is 1.12. The van der Waals surface area contributed by atoms with Crippen LogP contribution in [0.15, 0.2) is 24.4 Å². The van der Waals surface area contributed by atoms with Crippen LogP contribution in [-0.2, 0) is 0 Å². The van der Waals surface area contributed by atoms with E-state index < -0.39 is 0 Å². The van der Waals surface area contributed by atoms with E-state index in [1.165, 1.54) is 4.88 Å². The van der Waals surface area contributed by atoms with Crippen molar-refractivity contribution >= 4 is 17.2 Å². The van der Waals surface area contributed by atoms with Gasteiger partial charge in [-0.2, -0.15) is 0 Å². The van der Waals surface area contributed by atoms with Gasteiger partial charge >= 0.3 is 0 Å². The molecular formula is C14H19N3S. The lowest BCUT2D eigenvalue weighted by atomic mass is 10.3. The minimum Gasteiger partial charge on any atom is -0.356 e. The van der Waals surface area contributed by atoms with E-state index in [0.29, 0.717) is 0 Å². The van der Waals surface area contributed by atoms with E-state index in [1.807, 2.05) is 24.4 Å². The molecule has 18 heavy (non-hydrogen) atoms. The number of nitrogens with zero attached hydrogens (tertiary/aromatic N) is 3. The lowest BCUT2D eigenvalue weighted by Crippen LogP contribution is -2.24. The molecule has 0 aliphatic heterocycles. The van der Waals surface area contributed by atoms with Crippen LogP contribution in [0.25, 0.3) is 10.7 Å². The average molecular weight is 261 g/mol. The van der Waals surface area contributed by atoms with Gasteiger partial charge < -0.3 is 4.90 Å². The minimum atomic E-state index is 0.962. The molecule has 2 aromatic rings. The standard InChI is InChI=1S/C14H19N3S/c1-4-10-17(5-2)13-11(3)18-14(16-13)12-8-6-7-9-15-12/h6-9H,4-5,10H2,1-3H3. The third kappa shape index (κ3) is 2.70. The van der Waals surface area contributed by atoms with E-state index in [0.717, 1.165) is 36.0 Å². The van der Waals surface area contributed by atoms with Crippen molar-refractivity contribution in [1.82, 2.24) is 9.97 Å². The molecule has 0 aliphatic carbocycles. The first-order valence-electron chi connectivity index (χ1n) is 6.40. The Balaban J connectivity index is 2.32. The number of hydrogen-bond acceptors (Lipinski definition) is 4. The van der Waals surface area contributed by atoms with E-state index in [1.54, 1.807) is 11.3 Å². The number of thiazole rings is 1. The predicted octanol–water partition coefficient (Wildman–Crippen LogP) is 3.75. The molecule has 2 heterocycles. The van der Waals surface area contributed by atoms with Crippen molar-refractivity contribution in [3.05, 3.63) is 29.3 Å². The fraction of sp³-hybridized carbons (Fsp3) is 0.429. The fourth-order valence-electron chi connectivity index (χ4n) is 1.96. The summed E-state index contributed by atoms with van der Waals surface area (Å²) in [7, 11) is 0. The van der Waals surface area contributed by atoms with Gasteiger partial charge in [-0.05, 0) is 32.4 Å². The molecule has 0 amide bonds. The van der Waals surface area contributed by atoms with Crippen LogP contribution in [0.1, 0.15) is 25.1 Å². The van der Waals surface area contributed by atoms with Gasteiger partial charge in [0.1, 0.15) is 10.8 Å². The minimum absolute atomic E-state index is 0.962. The predicted molar refractivity (Wildman–Crippen MR) is 78.3 cm³/mol. The molecule has 4 heteroatoms. The molecule has 0 saturated heterocycles. The maximum atomic E-state index is 4.75. The lowest BCUT2D eigenvalue weighted by Gasteiger charge is -2.20. The molecule has 0 atom stereocenters. The Hall–Kier alpha value is -1.42. The smallest absolute Gasteiger partial charge is 0.144 e. The van der Waals surface area contributed by atoms with Crippen molar-refractivity contribution in [3.63, 3.8) is 0 Å². The highest BCUT2D eigenvalue weighted by Crippen LogP contribution is 2.31. The molecule has 96 valence electrons. The highest BCUT2D eigenvalue weighted by atomic mass is 32.1. The summed E-state index contributed by atoms with van der Waals surface area (Å²) in [4.78, 5) is 12.7. The molecule has 2 rings (SSSR count). The second kappa shape index (κ2) is 5.96. The summed E-state index contributed by atoms with van der Waals surface area (Å²) in [5.41, 5.74) is 0.962. The van der Waals surface area contributed by atoms with Gasteiger partial charge in [0.05, 0.1) is 5.69 Å². The van der Waals surface area contributed by atoms with Crippen LogP contribution in [-0.4, -0.2) is 23.1 Å². The zero-order valence-corrected chi connectivity index (χ0v) is 12.0. The van der Waals surface area contributed by atoms with Gasteiger partial charge in [0.15, 0.2) is 0 Å². The molecule has 0 aromatic carbocycles. The first-order valence-corrected chi connectivity index (χ1v) is 7.21. The van der Waals surface area contributed by atoms with Crippen LogP contribution in [0.2, 0.25) is 0 Å². The molecule has 2 aromatic heterocycles. The Morgan fingerprint density at radius 2 is 2.11 bits per heavy atom. The van der Waals surface area contributed by atoms with Gasteiger partial charge in [-0.3, -0.25) is 4.98 Å². The number of aryl methyl sites for hydroxylation is 1. The third-order valence-electron chi connectivity index (χ3n) is 2.83. The molecule has 0 saturated carbocycles. The highest BCUT2D eigenvalue weighted by Gasteiger charge is 2.14. The van der Waals surface area contributed by atoms with Crippen LogP contribution in [0, 0.1) is 6.92 Å². The normalized spacial score (nSPS) is 10.6. The van der Waals surface area contributed by atoms with E-state index in [2.05, 4.69) is 30.7 Å². The summed E-state index contributed by atoms with van der Waals surface area (Å²) in [5, 5.41) is 1.01. The fourth-order valence-corrected chi connectivity index (χ4v) is 2.88. The molecule has 0 spiro atoms. The van der Waals surface area contributed by atoms with E-state index >= 15 is 0 Å². The van der Waals surface area contributed by atoms with Crippen molar-refractivity contribution in [3.8, 4) is 10.7 Å². The number of anilines is 1. The first-order chi connectivity index (χ1) is 8.76. The zero-order chi connectivity index (χ0) is 13.0. The summed E-state index contributed by atoms with van der Waals surface area (Å²) in [6.45, 7) is 8.57. The Bertz CT molecular complexity index is 493. The van der Waals surface area contributed by atoms with Crippen LogP contribution < -0.4 is 4.90 Å². The second-order valence-electron chi connectivity index (χ2n) is 4.19. The quantitative estimate of drug-likeness (QED) is 0.821. The Kier molecular flexibility index (Phi) is 4.31. The second-order valence-corrected chi connectivity index (χ2v) is 5.40. The number of pyridine rings is 1. The number of aromatic nitrogens is 2. The van der Waals surface area contributed by atoms with Crippen molar-refractivity contribution in [2.24, 2.45) is 0 Å². The summed E-state index contributed by atoms with van der Waals surface area (Å²) < 4.78 is 0. The van der Waals surface area contributed by atoms with Crippen molar-refractivity contribution in [1.29, 1.82) is 0 Å². The lowest BCUT2D eigenvalue weighted by molar-refractivity contribution is 0.779. The largest absolute Gasteiger partial charge is 0.356 e. The van der Waals surface area contributed by atoms with Gasteiger partial charge in [-0.25, -0.2) is 4.98 Å². The number of rotatable bonds is 5. The Morgan fingerprint density at radius 3 is 2.72 bits per heavy atom. The summed E-state index contributed by atoms with van der Waals surface area (Å²) >= 11 is 1.72. The summed E-state index contributed by atoms with van der Waals surface area (Å²) in [6, 6.07) is 5.95. The molecule has 0 radical (unpaired) electrons. The van der Waals surface area contributed by atoms with Gasteiger partial charge in [0, 0.05) is 24.2 Å². The monoisotopic (exact) mass is 261 g/mol. The SMILES string of the molecule is CCCN(CC)c1nc(-c2ccccn2)sc1C. The molecule has 0 aliphatic rings. The first kappa shape index (κ1) is 13.0. The molecule has 0 bridgehead atoms. The molecular weight excluding hydrogens is 242 g/mol. The van der Waals surface area contributed by atoms with E-state index in [4.69, 9.17) is 4.98 Å². The Labute approximate surface area is 113 Å². The van der Waals surface area contributed by atoms with Crippen LogP contribution in [0.5, 0.6) is 0 Å². The van der Waals surface area contributed by atoms with Crippen LogP contribution >= 0.6 is 11.3 Å². The molecule has 3 nitrogen and oxygen atoms in total. The maximum Gasteiger partial charge on any atom is 0.144 e. The van der Waals surface area contributed by atoms with Crippen molar-refractivity contribution in [2.75, 3.05) is 18.0 Å². The van der Waals surface area contributed by atoms with Gasteiger partial charge in [0.25, 0.3) is 0 Å². The molecule has 0 N–H and O–H groups in total. The highest BCUT2D eigenvalue weighted by molar-refractivity contribution is 7.15. The molecule has 0 unspecified atom stereocenters. The van der Waals surface area contributed by atoms with Crippen LogP contribution in [0.3, 0.4) is 0 Å². The summed E-state index contributed by atoms with van der Waals surface area (Å²) in [6.07, 6.45) is 2.96. The third-order valence-corrected chi connectivity index (χ3v) is 3.81.